The fraction of sp³-hybridized carbons (Fsp3) is 0.345. The van der Waals surface area contributed by atoms with Crippen molar-refractivity contribution in [2.75, 3.05) is 47.5 Å². The highest BCUT2D eigenvalue weighted by atomic mass is 16.5. The molecule has 0 saturated carbocycles. The fourth-order valence-electron chi connectivity index (χ4n) is 4.58. The molecule has 0 atom stereocenters. The average Bonchev–Trinajstić information content (AvgIpc) is 2.92. The first kappa shape index (κ1) is 24.6. The quantitative estimate of drug-likeness (QED) is 0.452. The predicted molar refractivity (Wildman–Crippen MR) is 138 cm³/mol. The van der Waals surface area contributed by atoms with Crippen LogP contribution in [0.4, 0.5) is 0 Å². The maximum atomic E-state index is 12.9. The third kappa shape index (κ3) is 6.14. The number of nitrogens with zero attached hydrogens (tertiary/aromatic N) is 2. The Morgan fingerprint density at radius 2 is 1.40 bits per heavy atom. The molecule has 1 saturated heterocycles. The van der Waals surface area contributed by atoms with Crippen molar-refractivity contribution < 1.29 is 19.0 Å². The van der Waals surface area contributed by atoms with E-state index < -0.39 is 0 Å². The Kier molecular flexibility index (Phi) is 8.27. The second kappa shape index (κ2) is 11.8. The highest BCUT2D eigenvalue weighted by Gasteiger charge is 2.21. The highest BCUT2D eigenvalue weighted by molar-refractivity contribution is 5.76. The standard InChI is InChI=1S/C29H34N2O4/c1-33-26-19-22(20-27(34-2)29(26)35-3)12-13-28(32)31-16-14-30(15-17-31)21-23-8-7-11-25(18-23)24-9-5-4-6-10-24/h4-11,18-20H,12-17,21H2,1-3H3. The zero-order valence-corrected chi connectivity index (χ0v) is 20.8. The number of hydrogen-bond donors (Lipinski definition) is 0. The lowest BCUT2D eigenvalue weighted by molar-refractivity contribution is -0.133. The van der Waals surface area contributed by atoms with Crippen LogP contribution >= 0.6 is 0 Å². The maximum absolute atomic E-state index is 12.9. The van der Waals surface area contributed by atoms with Gasteiger partial charge < -0.3 is 19.1 Å². The van der Waals surface area contributed by atoms with Crippen molar-refractivity contribution in [2.45, 2.75) is 19.4 Å². The number of carbonyl (C=O) groups excluding carboxylic acids is 1. The molecule has 3 aromatic carbocycles. The van der Waals surface area contributed by atoms with Crippen LogP contribution in [0.3, 0.4) is 0 Å². The summed E-state index contributed by atoms with van der Waals surface area (Å²) in [4.78, 5) is 17.3. The minimum absolute atomic E-state index is 0.185. The molecular weight excluding hydrogens is 440 g/mol. The summed E-state index contributed by atoms with van der Waals surface area (Å²) < 4.78 is 16.2. The van der Waals surface area contributed by atoms with Gasteiger partial charge in [0.25, 0.3) is 0 Å². The Balaban J connectivity index is 1.29. The zero-order chi connectivity index (χ0) is 24.6. The first-order chi connectivity index (χ1) is 17.1. The molecular formula is C29H34N2O4. The number of aryl methyl sites for hydroxylation is 1. The van der Waals surface area contributed by atoms with Gasteiger partial charge >= 0.3 is 0 Å². The first-order valence-corrected chi connectivity index (χ1v) is 12.0. The van der Waals surface area contributed by atoms with E-state index in [0.717, 1.165) is 38.3 Å². The normalized spacial score (nSPS) is 14.0. The molecule has 1 aliphatic heterocycles. The minimum Gasteiger partial charge on any atom is -0.493 e. The molecule has 3 aromatic rings. The summed E-state index contributed by atoms with van der Waals surface area (Å²) in [5.74, 6) is 1.97. The summed E-state index contributed by atoms with van der Waals surface area (Å²) in [6.07, 6.45) is 1.08. The van der Waals surface area contributed by atoms with Gasteiger partial charge in [-0.3, -0.25) is 9.69 Å². The van der Waals surface area contributed by atoms with Crippen molar-refractivity contribution in [3.8, 4) is 28.4 Å². The van der Waals surface area contributed by atoms with Crippen LogP contribution in [0.1, 0.15) is 17.5 Å². The number of carbonyl (C=O) groups is 1. The summed E-state index contributed by atoms with van der Waals surface area (Å²) >= 11 is 0. The maximum Gasteiger partial charge on any atom is 0.222 e. The van der Waals surface area contributed by atoms with E-state index in [0.29, 0.717) is 30.1 Å². The van der Waals surface area contributed by atoms with E-state index in [1.54, 1.807) is 21.3 Å². The molecule has 6 nitrogen and oxygen atoms in total. The summed E-state index contributed by atoms with van der Waals surface area (Å²) in [6.45, 7) is 4.17. The lowest BCUT2D eigenvalue weighted by atomic mass is 10.0. The van der Waals surface area contributed by atoms with Crippen molar-refractivity contribution in [3.05, 3.63) is 77.9 Å². The molecule has 4 rings (SSSR count). The smallest absolute Gasteiger partial charge is 0.222 e. The minimum atomic E-state index is 0.185. The Bertz CT molecular complexity index is 1100. The van der Waals surface area contributed by atoms with Gasteiger partial charge in [-0.1, -0.05) is 48.5 Å². The zero-order valence-electron chi connectivity index (χ0n) is 20.8. The molecule has 0 aliphatic carbocycles. The molecule has 35 heavy (non-hydrogen) atoms. The monoisotopic (exact) mass is 474 g/mol. The van der Waals surface area contributed by atoms with Crippen LogP contribution in [-0.4, -0.2) is 63.2 Å². The van der Waals surface area contributed by atoms with Crippen LogP contribution < -0.4 is 14.2 Å². The fourth-order valence-corrected chi connectivity index (χ4v) is 4.58. The summed E-state index contributed by atoms with van der Waals surface area (Å²) in [5.41, 5.74) is 4.76. The molecule has 1 aliphatic rings. The molecule has 1 heterocycles. The molecule has 1 fully saturated rings. The van der Waals surface area contributed by atoms with Gasteiger partial charge in [0.1, 0.15) is 0 Å². The van der Waals surface area contributed by atoms with Gasteiger partial charge in [0.05, 0.1) is 21.3 Å². The third-order valence-corrected chi connectivity index (χ3v) is 6.52. The van der Waals surface area contributed by atoms with Gasteiger partial charge in [-0.15, -0.1) is 0 Å². The number of hydrogen-bond acceptors (Lipinski definition) is 5. The van der Waals surface area contributed by atoms with Crippen LogP contribution in [0.25, 0.3) is 11.1 Å². The number of methoxy groups -OCH3 is 3. The van der Waals surface area contributed by atoms with Crippen LogP contribution in [0.15, 0.2) is 66.7 Å². The third-order valence-electron chi connectivity index (χ3n) is 6.52. The predicted octanol–water partition coefficient (Wildman–Crippen LogP) is 4.66. The van der Waals surface area contributed by atoms with Gasteiger partial charge in [-0.05, 0) is 46.9 Å². The molecule has 0 bridgehead atoms. The van der Waals surface area contributed by atoms with Gasteiger partial charge in [0, 0.05) is 39.1 Å². The summed E-state index contributed by atoms with van der Waals surface area (Å²) in [5, 5.41) is 0. The first-order valence-electron chi connectivity index (χ1n) is 12.0. The highest BCUT2D eigenvalue weighted by Crippen LogP contribution is 2.38. The van der Waals surface area contributed by atoms with Gasteiger partial charge in [0.2, 0.25) is 11.7 Å². The van der Waals surface area contributed by atoms with E-state index >= 15 is 0 Å². The molecule has 184 valence electrons. The van der Waals surface area contributed by atoms with Crippen LogP contribution in [0.5, 0.6) is 17.2 Å². The van der Waals surface area contributed by atoms with Crippen molar-refractivity contribution in [1.82, 2.24) is 9.80 Å². The Labute approximate surface area is 208 Å². The van der Waals surface area contributed by atoms with E-state index in [-0.39, 0.29) is 5.91 Å². The Hall–Kier alpha value is -3.51. The lowest BCUT2D eigenvalue weighted by Crippen LogP contribution is -2.48. The van der Waals surface area contributed by atoms with E-state index in [2.05, 4.69) is 53.4 Å². The van der Waals surface area contributed by atoms with Crippen molar-refractivity contribution in [2.24, 2.45) is 0 Å². The van der Waals surface area contributed by atoms with Crippen LogP contribution in [0, 0.1) is 0 Å². The van der Waals surface area contributed by atoms with E-state index in [1.807, 2.05) is 23.1 Å². The molecule has 0 radical (unpaired) electrons. The Morgan fingerprint density at radius 1 is 0.743 bits per heavy atom. The number of benzene rings is 3. The summed E-state index contributed by atoms with van der Waals surface area (Å²) in [6, 6.07) is 23.0. The van der Waals surface area contributed by atoms with E-state index in [9.17, 15) is 4.79 Å². The number of ether oxygens (including phenoxy) is 3. The van der Waals surface area contributed by atoms with Gasteiger partial charge in [-0.2, -0.15) is 0 Å². The molecule has 0 N–H and O–H groups in total. The molecule has 0 aromatic heterocycles. The van der Waals surface area contributed by atoms with Gasteiger partial charge in [0.15, 0.2) is 11.5 Å². The second-order valence-corrected chi connectivity index (χ2v) is 8.76. The number of piperazine rings is 1. The second-order valence-electron chi connectivity index (χ2n) is 8.76. The SMILES string of the molecule is COc1cc(CCC(=O)N2CCN(Cc3cccc(-c4ccccc4)c3)CC2)cc(OC)c1OC. The topological polar surface area (TPSA) is 51.2 Å². The van der Waals surface area contributed by atoms with Crippen molar-refractivity contribution >= 4 is 5.91 Å². The molecule has 0 unspecified atom stereocenters. The molecule has 6 heteroatoms. The van der Waals surface area contributed by atoms with Crippen molar-refractivity contribution in [3.63, 3.8) is 0 Å². The number of rotatable bonds is 9. The summed E-state index contributed by atoms with van der Waals surface area (Å²) in [7, 11) is 4.79. The molecule has 1 amide bonds. The van der Waals surface area contributed by atoms with Crippen molar-refractivity contribution in [1.29, 1.82) is 0 Å². The van der Waals surface area contributed by atoms with E-state index in [1.165, 1.54) is 16.7 Å². The van der Waals surface area contributed by atoms with Crippen LogP contribution in [0.2, 0.25) is 0 Å². The Morgan fingerprint density at radius 3 is 2.03 bits per heavy atom. The van der Waals surface area contributed by atoms with Gasteiger partial charge in [-0.25, -0.2) is 0 Å². The lowest BCUT2D eigenvalue weighted by Gasteiger charge is -2.35. The largest absolute Gasteiger partial charge is 0.493 e. The molecule has 0 spiro atoms. The van der Waals surface area contributed by atoms with E-state index in [4.69, 9.17) is 14.2 Å². The number of amides is 1. The van der Waals surface area contributed by atoms with Crippen LogP contribution in [-0.2, 0) is 17.8 Å². The average molecular weight is 475 g/mol.